The smallest absolute Gasteiger partial charge is 0.117 e. The van der Waals surface area contributed by atoms with Gasteiger partial charge in [-0.25, -0.2) is 0 Å². The SMILES string of the molecule is COCCCSCCNCc1ccco1. The third-order valence-corrected chi connectivity index (χ3v) is 3.01. The van der Waals surface area contributed by atoms with Gasteiger partial charge in [-0.05, 0) is 24.3 Å². The van der Waals surface area contributed by atoms with Crippen LogP contribution in [0.5, 0.6) is 0 Å². The molecule has 0 aliphatic carbocycles. The summed E-state index contributed by atoms with van der Waals surface area (Å²) in [6, 6.07) is 3.90. The first kappa shape index (κ1) is 12.6. The summed E-state index contributed by atoms with van der Waals surface area (Å²) < 4.78 is 10.2. The van der Waals surface area contributed by atoms with E-state index in [1.807, 2.05) is 23.9 Å². The van der Waals surface area contributed by atoms with Crippen LogP contribution in [-0.2, 0) is 11.3 Å². The molecule has 0 bridgehead atoms. The molecule has 0 aliphatic heterocycles. The van der Waals surface area contributed by atoms with Gasteiger partial charge in [0, 0.05) is 26.0 Å². The molecule has 0 radical (unpaired) electrons. The molecule has 86 valence electrons. The van der Waals surface area contributed by atoms with Gasteiger partial charge in [-0.2, -0.15) is 11.8 Å². The van der Waals surface area contributed by atoms with E-state index in [2.05, 4.69) is 5.32 Å². The van der Waals surface area contributed by atoms with Gasteiger partial charge in [0.2, 0.25) is 0 Å². The van der Waals surface area contributed by atoms with Crippen LogP contribution in [-0.4, -0.2) is 31.8 Å². The van der Waals surface area contributed by atoms with Crippen molar-refractivity contribution in [2.24, 2.45) is 0 Å². The molecule has 0 aliphatic rings. The zero-order chi connectivity index (χ0) is 10.8. The third-order valence-electron chi connectivity index (χ3n) is 1.94. The van der Waals surface area contributed by atoms with Gasteiger partial charge in [0.25, 0.3) is 0 Å². The van der Waals surface area contributed by atoms with Gasteiger partial charge >= 0.3 is 0 Å². The maximum Gasteiger partial charge on any atom is 0.117 e. The molecule has 0 amide bonds. The van der Waals surface area contributed by atoms with E-state index in [0.717, 1.165) is 37.6 Å². The second-order valence-corrected chi connectivity index (χ2v) is 4.44. The molecular weight excluding hydrogens is 210 g/mol. The highest BCUT2D eigenvalue weighted by Gasteiger charge is 1.94. The lowest BCUT2D eigenvalue weighted by atomic mass is 10.4. The van der Waals surface area contributed by atoms with Crippen molar-refractivity contribution in [1.82, 2.24) is 5.32 Å². The summed E-state index contributed by atoms with van der Waals surface area (Å²) in [7, 11) is 1.75. The highest BCUT2D eigenvalue weighted by molar-refractivity contribution is 7.99. The molecule has 15 heavy (non-hydrogen) atoms. The molecular formula is C11H19NO2S. The Bertz CT molecular complexity index is 227. The van der Waals surface area contributed by atoms with E-state index in [1.54, 1.807) is 13.4 Å². The van der Waals surface area contributed by atoms with Crippen molar-refractivity contribution in [2.45, 2.75) is 13.0 Å². The van der Waals surface area contributed by atoms with Crippen molar-refractivity contribution in [3.8, 4) is 0 Å². The lowest BCUT2D eigenvalue weighted by molar-refractivity contribution is 0.200. The van der Waals surface area contributed by atoms with Crippen LogP contribution in [0.15, 0.2) is 22.8 Å². The van der Waals surface area contributed by atoms with E-state index in [-0.39, 0.29) is 0 Å². The zero-order valence-electron chi connectivity index (χ0n) is 9.20. The Balaban J connectivity index is 1.81. The summed E-state index contributed by atoms with van der Waals surface area (Å²) in [5.74, 6) is 3.32. The number of nitrogens with one attached hydrogen (secondary N) is 1. The topological polar surface area (TPSA) is 34.4 Å². The van der Waals surface area contributed by atoms with E-state index in [4.69, 9.17) is 9.15 Å². The highest BCUT2D eigenvalue weighted by Crippen LogP contribution is 2.02. The Morgan fingerprint density at radius 2 is 2.40 bits per heavy atom. The fraction of sp³-hybridized carbons (Fsp3) is 0.636. The van der Waals surface area contributed by atoms with Crippen LogP contribution in [0.1, 0.15) is 12.2 Å². The molecule has 0 fully saturated rings. The van der Waals surface area contributed by atoms with Crippen molar-refractivity contribution in [2.75, 3.05) is 31.8 Å². The summed E-state index contributed by atoms with van der Waals surface area (Å²) >= 11 is 1.96. The van der Waals surface area contributed by atoms with Crippen molar-refractivity contribution >= 4 is 11.8 Å². The predicted octanol–water partition coefficient (Wildman–Crippen LogP) is 2.14. The first-order valence-corrected chi connectivity index (χ1v) is 6.38. The summed E-state index contributed by atoms with van der Waals surface area (Å²) in [5, 5.41) is 3.33. The lowest BCUT2D eigenvalue weighted by Crippen LogP contribution is -2.16. The Labute approximate surface area is 95.6 Å². The number of methoxy groups -OCH3 is 1. The van der Waals surface area contributed by atoms with Crippen LogP contribution < -0.4 is 5.32 Å². The minimum atomic E-state index is 0.825. The van der Waals surface area contributed by atoms with Crippen LogP contribution in [0.25, 0.3) is 0 Å². The van der Waals surface area contributed by atoms with E-state index < -0.39 is 0 Å². The monoisotopic (exact) mass is 229 g/mol. The Hall–Kier alpha value is -0.450. The van der Waals surface area contributed by atoms with Crippen molar-refractivity contribution in [3.63, 3.8) is 0 Å². The minimum Gasteiger partial charge on any atom is -0.468 e. The predicted molar refractivity (Wildman–Crippen MR) is 64.2 cm³/mol. The standard InChI is InChI=1S/C11H19NO2S/c1-13-6-3-8-15-9-5-12-10-11-4-2-7-14-11/h2,4,7,12H,3,5-6,8-10H2,1H3. The Morgan fingerprint density at radius 1 is 1.47 bits per heavy atom. The average Bonchev–Trinajstić information content (AvgIpc) is 2.75. The number of thioether (sulfide) groups is 1. The van der Waals surface area contributed by atoms with E-state index in [0.29, 0.717) is 0 Å². The molecule has 0 spiro atoms. The summed E-state index contributed by atoms with van der Waals surface area (Å²) in [6.45, 7) is 2.72. The molecule has 0 aromatic carbocycles. The summed E-state index contributed by atoms with van der Waals surface area (Å²) in [6.07, 6.45) is 2.84. The van der Waals surface area contributed by atoms with Crippen LogP contribution in [0.3, 0.4) is 0 Å². The first-order chi connectivity index (χ1) is 7.43. The number of furan rings is 1. The molecule has 4 heteroatoms. The fourth-order valence-electron chi connectivity index (χ4n) is 1.18. The van der Waals surface area contributed by atoms with Crippen LogP contribution in [0, 0.1) is 0 Å². The van der Waals surface area contributed by atoms with Crippen molar-refractivity contribution in [1.29, 1.82) is 0 Å². The largest absolute Gasteiger partial charge is 0.468 e. The van der Waals surface area contributed by atoms with Crippen LogP contribution in [0.2, 0.25) is 0 Å². The molecule has 0 unspecified atom stereocenters. The van der Waals surface area contributed by atoms with Crippen LogP contribution >= 0.6 is 11.8 Å². The van der Waals surface area contributed by atoms with E-state index in [1.165, 1.54) is 5.75 Å². The second-order valence-electron chi connectivity index (χ2n) is 3.21. The molecule has 0 atom stereocenters. The molecule has 1 aromatic rings. The Kier molecular flexibility index (Phi) is 7.42. The molecule has 1 aromatic heterocycles. The van der Waals surface area contributed by atoms with Gasteiger partial charge in [-0.1, -0.05) is 0 Å². The van der Waals surface area contributed by atoms with E-state index >= 15 is 0 Å². The van der Waals surface area contributed by atoms with Gasteiger partial charge in [0.05, 0.1) is 12.8 Å². The minimum absolute atomic E-state index is 0.825. The fourth-order valence-corrected chi connectivity index (χ4v) is 1.99. The number of hydrogen-bond acceptors (Lipinski definition) is 4. The van der Waals surface area contributed by atoms with Gasteiger partial charge in [0.1, 0.15) is 5.76 Å². The third kappa shape index (κ3) is 6.60. The number of ether oxygens (including phenoxy) is 1. The van der Waals surface area contributed by atoms with Gasteiger partial charge in [0.15, 0.2) is 0 Å². The maximum atomic E-state index is 5.21. The van der Waals surface area contributed by atoms with Gasteiger partial charge in [-0.15, -0.1) is 0 Å². The van der Waals surface area contributed by atoms with Gasteiger partial charge in [-0.3, -0.25) is 0 Å². The van der Waals surface area contributed by atoms with Crippen molar-refractivity contribution < 1.29 is 9.15 Å². The number of hydrogen-bond donors (Lipinski definition) is 1. The molecule has 0 saturated carbocycles. The van der Waals surface area contributed by atoms with Gasteiger partial charge < -0.3 is 14.5 Å². The number of rotatable bonds is 9. The molecule has 3 nitrogen and oxygen atoms in total. The summed E-state index contributed by atoms with van der Waals surface area (Å²) in [5.41, 5.74) is 0. The normalized spacial score (nSPS) is 10.7. The first-order valence-electron chi connectivity index (χ1n) is 5.23. The maximum absolute atomic E-state index is 5.21. The second kappa shape index (κ2) is 8.83. The van der Waals surface area contributed by atoms with Crippen molar-refractivity contribution in [3.05, 3.63) is 24.2 Å². The average molecular weight is 229 g/mol. The summed E-state index contributed by atoms with van der Waals surface area (Å²) in [4.78, 5) is 0. The molecule has 0 saturated heterocycles. The molecule has 1 rings (SSSR count). The quantitative estimate of drug-likeness (QED) is 0.658. The van der Waals surface area contributed by atoms with Crippen LogP contribution in [0.4, 0.5) is 0 Å². The Morgan fingerprint density at radius 3 is 3.13 bits per heavy atom. The lowest BCUT2D eigenvalue weighted by Gasteiger charge is -2.02. The zero-order valence-corrected chi connectivity index (χ0v) is 10.0. The highest BCUT2D eigenvalue weighted by atomic mass is 32.2. The molecule has 1 N–H and O–H groups in total. The van der Waals surface area contributed by atoms with E-state index in [9.17, 15) is 0 Å². The molecule has 1 heterocycles.